The fourth-order valence-corrected chi connectivity index (χ4v) is 2.81. The van der Waals surface area contributed by atoms with Crippen LogP contribution in [0.4, 0.5) is 5.69 Å². The number of methoxy groups -OCH3 is 1. The molecule has 0 unspecified atom stereocenters. The largest absolute Gasteiger partial charge is 0.496 e. The van der Waals surface area contributed by atoms with Crippen molar-refractivity contribution in [1.29, 1.82) is 0 Å². The number of nitrogen functional groups attached to an aromatic ring is 1. The Morgan fingerprint density at radius 2 is 1.94 bits per heavy atom. The van der Waals surface area contributed by atoms with Gasteiger partial charge in [0.05, 0.1) is 7.11 Å². The molecule has 18 heavy (non-hydrogen) atoms. The minimum Gasteiger partial charge on any atom is -0.496 e. The number of thioether (sulfide) groups is 1. The van der Waals surface area contributed by atoms with Crippen LogP contribution >= 0.6 is 11.8 Å². The quantitative estimate of drug-likeness (QED) is 0.668. The summed E-state index contributed by atoms with van der Waals surface area (Å²) in [7, 11) is 1.67. The maximum Gasteiger partial charge on any atom is 0.134 e. The second-order valence-electron chi connectivity index (χ2n) is 4.13. The fourth-order valence-electron chi connectivity index (χ4n) is 1.73. The van der Waals surface area contributed by atoms with Crippen LogP contribution in [-0.4, -0.2) is 7.11 Å². The summed E-state index contributed by atoms with van der Waals surface area (Å²) < 4.78 is 5.34. The molecule has 0 saturated carbocycles. The third-order valence-electron chi connectivity index (χ3n) is 2.83. The van der Waals surface area contributed by atoms with Gasteiger partial charge in [-0.05, 0) is 30.2 Å². The summed E-state index contributed by atoms with van der Waals surface area (Å²) in [4.78, 5) is 1.12. The van der Waals surface area contributed by atoms with E-state index >= 15 is 0 Å². The van der Waals surface area contributed by atoms with Gasteiger partial charge in [0, 0.05) is 22.4 Å². The van der Waals surface area contributed by atoms with Crippen molar-refractivity contribution in [1.82, 2.24) is 0 Å². The number of ether oxygens (including phenoxy) is 1. The smallest absolute Gasteiger partial charge is 0.134 e. The molecule has 0 heterocycles. The van der Waals surface area contributed by atoms with Gasteiger partial charge in [-0.25, -0.2) is 0 Å². The van der Waals surface area contributed by atoms with Crippen molar-refractivity contribution in [3.63, 3.8) is 0 Å². The van der Waals surface area contributed by atoms with Crippen molar-refractivity contribution < 1.29 is 4.74 Å². The molecule has 2 aromatic carbocycles. The molecule has 3 heteroatoms. The Bertz CT molecular complexity index is 540. The molecule has 2 N–H and O–H groups in total. The number of aryl methyl sites for hydroxylation is 1. The molecule has 0 aliphatic rings. The third kappa shape index (κ3) is 2.99. The lowest BCUT2D eigenvalue weighted by molar-refractivity contribution is 0.405. The van der Waals surface area contributed by atoms with E-state index < -0.39 is 0 Å². The maximum atomic E-state index is 5.75. The van der Waals surface area contributed by atoms with E-state index in [0.717, 1.165) is 22.1 Å². The van der Waals surface area contributed by atoms with Crippen LogP contribution in [0.5, 0.6) is 5.75 Å². The second kappa shape index (κ2) is 5.83. The Morgan fingerprint density at radius 1 is 1.17 bits per heavy atom. The number of hydrogen-bond acceptors (Lipinski definition) is 3. The van der Waals surface area contributed by atoms with E-state index in [9.17, 15) is 0 Å². The summed E-state index contributed by atoms with van der Waals surface area (Å²) >= 11 is 1.77. The summed E-state index contributed by atoms with van der Waals surface area (Å²) in [5, 5.41) is 0. The van der Waals surface area contributed by atoms with E-state index in [1.807, 2.05) is 18.2 Å². The van der Waals surface area contributed by atoms with Gasteiger partial charge in [-0.1, -0.05) is 24.3 Å². The number of anilines is 1. The molecule has 0 aliphatic carbocycles. The Labute approximate surface area is 112 Å². The summed E-state index contributed by atoms with van der Waals surface area (Å²) in [6, 6.07) is 14.2. The zero-order valence-electron chi connectivity index (χ0n) is 10.6. The molecule has 0 atom stereocenters. The van der Waals surface area contributed by atoms with Gasteiger partial charge in [0.15, 0.2) is 0 Å². The van der Waals surface area contributed by atoms with Gasteiger partial charge >= 0.3 is 0 Å². The molecular formula is C15H17NOS. The van der Waals surface area contributed by atoms with Crippen LogP contribution in [0.2, 0.25) is 0 Å². The van der Waals surface area contributed by atoms with Crippen LogP contribution < -0.4 is 10.5 Å². The Morgan fingerprint density at radius 3 is 2.67 bits per heavy atom. The van der Waals surface area contributed by atoms with E-state index in [2.05, 4.69) is 31.2 Å². The predicted octanol–water partition coefficient (Wildman–Crippen LogP) is 3.88. The molecule has 0 aliphatic heterocycles. The lowest BCUT2D eigenvalue weighted by Gasteiger charge is -2.10. The molecule has 0 fully saturated rings. The molecule has 0 spiro atoms. The molecule has 94 valence electrons. The Balaban J connectivity index is 2.13. The van der Waals surface area contributed by atoms with Crippen molar-refractivity contribution in [3.05, 3.63) is 53.6 Å². The molecular weight excluding hydrogens is 242 g/mol. The highest BCUT2D eigenvalue weighted by molar-refractivity contribution is 7.98. The lowest BCUT2D eigenvalue weighted by atomic mass is 10.1. The van der Waals surface area contributed by atoms with Crippen LogP contribution in [-0.2, 0) is 5.75 Å². The highest BCUT2D eigenvalue weighted by Gasteiger charge is 2.05. The lowest BCUT2D eigenvalue weighted by Crippen LogP contribution is -1.91. The normalized spacial score (nSPS) is 10.3. The van der Waals surface area contributed by atoms with Crippen LogP contribution in [0.1, 0.15) is 11.1 Å². The minimum atomic E-state index is 0.729. The molecule has 2 aromatic rings. The molecule has 2 nitrogen and oxygen atoms in total. The van der Waals surface area contributed by atoms with Gasteiger partial charge in [0.1, 0.15) is 5.75 Å². The van der Waals surface area contributed by atoms with Crippen molar-refractivity contribution in [2.45, 2.75) is 17.6 Å². The maximum absolute atomic E-state index is 5.75. The molecule has 2 rings (SSSR count). The first-order valence-electron chi connectivity index (χ1n) is 5.81. The van der Waals surface area contributed by atoms with Crippen molar-refractivity contribution in [3.8, 4) is 5.75 Å². The van der Waals surface area contributed by atoms with Crippen LogP contribution in [0, 0.1) is 6.92 Å². The third-order valence-corrected chi connectivity index (χ3v) is 3.94. The van der Waals surface area contributed by atoms with E-state index in [4.69, 9.17) is 10.5 Å². The molecule has 0 aromatic heterocycles. The Hall–Kier alpha value is -1.61. The van der Waals surface area contributed by atoms with Crippen molar-refractivity contribution in [2.75, 3.05) is 12.8 Å². The average molecular weight is 259 g/mol. The summed E-state index contributed by atoms with van der Waals surface area (Å²) in [5.74, 6) is 1.78. The van der Waals surface area contributed by atoms with Crippen molar-refractivity contribution in [2.24, 2.45) is 0 Å². The molecule has 0 saturated heterocycles. The van der Waals surface area contributed by atoms with Crippen LogP contribution in [0.3, 0.4) is 0 Å². The first-order valence-corrected chi connectivity index (χ1v) is 6.80. The summed E-state index contributed by atoms with van der Waals surface area (Å²) in [5.41, 5.74) is 9.14. The van der Waals surface area contributed by atoms with E-state index in [-0.39, 0.29) is 0 Å². The SMILES string of the molecule is COc1cc(N)ccc1SCc1ccccc1C. The van der Waals surface area contributed by atoms with Gasteiger partial charge in [-0.15, -0.1) is 11.8 Å². The first-order chi connectivity index (χ1) is 8.70. The van der Waals surface area contributed by atoms with Gasteiger partial charge in [0.25, 0.3) is 0 Å². The number of rotatable bonds is 4. The fraction of sp³-hybridized carbons (Fsp3) is 0.200. The van der Waals surface area contributed by atoms with Gasteiger partial charge < -0.3 is 10.5 Å². The van der Waals surface area contributed by atoms with Crippen LogP contribution in [0.25, 0.3) is 0 Å². The number of nitrogens with two attached hydrogens (primary N) is 1. The minimum absolute atomic E-state index is 0.729. The standard InChI is InChI=1S/C15H17NOS/c1-11-5-3-4-6-12(11)10-18-15-8-7-13(16)9-14(15)17-2/h3-9H,10,16H2,1-2H3. The molecule has 0 radical (unpaired) electrons. The van der Waals surface area contributed by atoms with Gasteiger partial charge in [0.2, 0.25) is 0 Å². The Kier molecular flexibility index (Phi) is 4.15. The summed E-state index contributed by atoms with van der Waals surface area (Å²) in [6.45, 7) is 2.14. The van der Waals surface area contributed by atoms with Gasteiger partial charge in [-0.2, -0.15) is 0 Å². The predicted molar refractivity (Wildman–Crippen MR) is 78.1 cm³/mol. The van der Waals surface area contributed by atoms with E-state index in [1.165, 1.54) is 11.1 Å². The number of benzene rings is 2. The first kappa shape index (κ1) is 12.8. The van der Waals surface area contributed by atoms with Crippen LogP contribution in [0.15, 0.2) is 47.4 Å². The van der Waals surface area contributed by atoms with E-state index in [0.29, 0.717) is 0 Å². The highest BCUT2D eigenvalue weighted by Crippen LogP contribution is 2.33. The summed E-state index contributed by atoms with van der Waals surface area (Å²) in [6.07, 6.45) is 0. The number of hydrogen-bond donors (Lipinski definition) is 1. The van der Waals surface area contributed by atoms with Crippen molar-refractivity contribution >= 4 is 17.4 Å². The topological polar surface area (TPSA) is 35.2 Å². The zero-order valence-corrected chi connectivity index (χ0v) is 11.5. The van der Waals surface area contributed by atoms with Gasteiger partial charge in [-0.3, -0.25) is 0 Å². The molecule has 0 bridgehead atoms. The van der Waals surface area contributed by atoms with E-state index in [1.54, 1.807) is 18.9 Å². The monoisotopic (exact) mass is 259 g/mol. The zero-order chi connectivity index (χ0) is 13.0. The highest BCUT2D eigenvalue weighted by atomic mass is 32.2. The second-order valence-corrected chi connectivity index (χ2v) is 5.14. The molecule has 0 amide bonds. The average Bonchev–Trinajstić information content (AvgIpc) is 2.39.